The first-order valence-corrected chi connectivity index (χ1v) is 8.66. The van der Waals surface area contributed by atoms with Gasteiger partial charge < -0.3 is 21.1 Å². The average Bonchev–Trinajstić information content (AvgIpc) is 2.98. The molecule has 4 aromatic rings. The molecule has 8 heteroatoms. The Morgan fingerprint density at radius 1 is 1.11 bits per heavy atom. The van der Waals surface area contributed by atoms with Gasteiger partial charge >= 0.3 is 0 Å². The van der Waals surface area contributed by atoms with Crippen LogP contribution in [-0.2, 0) is 0 Å². The Bertz CT molecular complexity index is 1170. The monoisotopic (exact) mass is 359 g/mol. The lowest BCUT2D eigenvalue weighted by Crippen LogP contribution is -2.04. The van der Waals surface area contributed by atoms with Crippen LogP contribution in [0.4, 0.5) is 23.3 Å². The van der Waals surface area contributed by atoms with E-state index in [1.54, 1.807) is 0 Å². The van der Waals surface area contributed by atoms with E-state index < -0.39 is 0 Å². The number of nitrogens with two attached hydrogens (primary N) is 1. The molecule has 0 spiro atoms. The zero-order valence-electron chi connectivity index (χ0n) is 14.6. The van der Waals surface area contributed by atoms with Crippen LogP contribution >= 0.6 is 0 Å². The van der Waals surface area contributed by atoms with Gasteiger partial charge in [-0.25, -0.2) is 4.98 Å². The fourth-order valence-corrected chi connectivity index (χ4v) is 3.23. The van der Waals surface area contributed by atoms with E-state index in [2.05, 4.69) is 30.8 Å². The maximum absolute atomic E-state index is 6.19. The number of aromatic nitrogens is 4. The molecule has 0 radical (unpaired) electrons. The topological polar surface area (TPSA) is 114 Å². The Balaban J connectivity index is 1.69. The van der Waals surface area contributed by atoms with E-state index in [1.165, 1.54) is 0 Å². The van der Waals surface area contributed by atoms with Gasteiger partial charge in [0.25, 0.3) is 0 Å². The molecule has 2 aromatic heterocycles. The molecule has 0 saturated heterocycles. The van der Waals surface area contributed by atoms with Crippen molar-refractivity contribution in [3.8, 4) is 22.8 Å². The van der Waals surface area contributed by atoms with Gasteiger partial charge in [-0.1, -0.05) is 12.1 Å². The van der Waals surface area contributed by atoms with Crippen molar-refractivity contribution < 1.29 is 4.74 Å². The summed E-state index contributed by atoms with van der Waals surface area (Å²) in [5.41, 5.74) is 9.17. The van der Waals surface area contributed by atoms with Crippen LogP contribution in [0.5, 0.6) is 11.5 Å². The molecule has 1 aliphatic heterocycles. The van der Waals surface area contributed by atoms with E-state index in [0.29, 0.717) is 17.3 Å². The molecule has 0 fully saturated rings. The molecule has 134 valence electrons. The number of fused-ring (bicyclic) bond motifs is 1. The van der Waals surface area contributed by atoms with Crippen molar-refractivity contribution in [2.75, 3.05) is 22.9 Å². The number of aromatic amines is 1. The zero-order valence-corrected chi connectivity index (χ0v) is 14.6. The molecule has 0 amide bonds. The van der Waals surface area contributed by atoms with Gasteiger partial charge in [0, 0.05) is 18.2 Å². The quantitative estimate of drug-likeness (QED) is 0.386. The van der Waals surface area contributed by atoms with E-state index in [4.69, 9.17) is 10.5 Å². The highest BCUT2D eigenvalue weighted by Gasteiger charge is 2.20. The average molecular weight is 359 g/mol. The normalized spacial score (nSPS) is 12.0. The fraction of sp³-hybridized carbons (Fsp3) is 0.105. The maximum atomic E-state index is 6.19. The van der Waals surface area contributed by atoms with Crippen molar-refractivity contribution >= 4 is 34.2 Å². The summed E-state index contributed by atoms with van der Waals surface area (Å²) in [5.74, 6) is 3.07. The Kier molecular flexibility index (Phi) is 3.36. The summed E-state index contributed by atoms with van der Waals surface area (Å²) in [6, 6.07) is 13.6. The van der Waals surface area contributed by atoms with Crippen molar-refractivity contribution in [2.45, 2.75) is 6.92 Å². The molecule has 3 heterocycles. The Morgan fingerprint density at radius 2 is 2.00 bits per heavy atom. The Labute approximate surface area is 154 Å². The van der Waals surface area contributed by atoms with Crippen LogP contribution < -0.4 is 21.1 Å². The van der Waals surface area contributed by atoms with Gasteiger partial charge in [0.2, 0.25) is 5.95 Å². The van der Waals surface area contributed by atoms with Crippen molar-refractivity contribution in [3.63, 3.8) is 0 Å². The van der Waals surface area contributed by atoms with Crippen molar-refractivity contribution in [2.24, 2.45) is 0 Å². The van der Waals surface area contributed by atoms with E-state index >= 15 is 0 Å². The molecule has 8 nitrogen and oxygen atoms in total. The molecule has 0 aliphatic carbocycles. The highest BCUT2D eigenvalue weighted by Crippen LogP contribution is 2.43. The van der Waals surface area contributed by atoms with Crippen molar-refractivity contribution in [1.29, 1.82) is 0 Å². The molecule has 2 aromatic carbocycles. The van der Waals surface area contributed by atoms with Gasteiger partial charge in [0.05, 0.1) is 22.3 Å². The van der Waals surface area contributed by atoms with Crippen LogP contribution in [0.25, 0.3) is 22.2 Å². The number of nitrogens with one attached hydrogen (secondary N) is 3. The third-order valence-corrected chi connectivity index (χ3v) is 4.38. The van der Waals surface area contributed by atoms with Crippen LogP contribution in [0.1, 0.15) is 6.92 Å². The summed E-state index contributed by atoms with van der Waals surface area (Å²) >= 11 is 0. The highest BCUT2D eigenvalue weighted by molar-refractivity contribution is 6.00. The molecule has 0 unspecified atom stereocenters. The lowest BCUT2D eigenvalue weighted by Gasteiger charge is -2.10. The summed E-state index contributed by atoms with van der Waals surface area (Å²) in [6.45, 7) is 2.75. The highest BCUT2D eigenvalue weighted by atomic mass is 16.5. The predicted molar refractivity (Wildman–Crippen MR) is 105 cm³/mol. The fourth-order valence-electron chi connectivity index (χ4n) is 3.23. The van der Waals surface area contributed by atoms with E-state index in [0.717, 1.165) is 40.3 Å². The van der Waals surface area contributed by atoms with Gasteiger partial charge in [-0.2, -0.15) is 10.1 Å². The van der Waals surface area contributed by atoms with Crippen LogP contribution in [0.3, 0.4) is 0 Å². The number of anilines is 4. The number of nitrogen functional groups attached to an aromatic ring is 1. The van der Waals surface area contributed by atoms with E-state index in [1.807, 2.05) is 49.4 Å². The summed E-state index contributed by atoms with van der Waals surface area (Å²) in [5, 5.41) is 14.8. The minimum Gasteiger partial charge on any atom is -0.454 e. The van der Waals surface area contributed by atoms with E-state index in [-0.39, 0.29) is 5.95 Å². The molecule has 0 bridgehead atoms. The SMILES string of the molecule is CCNc1cc(-c2cc3c4c(n[nH]c4c2)Nc2ccccc2O3)nc(N)n1. The predicted octanol–water partition coefficient (Wildman–Crippen LogP) is 3.88. The summed E-state index contributed by atoms with van der Waals surface area (Å²) < 4.78 is 6.19. The van der Waals surface area contributed by atoms with Crippen LogP contribution in [-0.4, -0.2) is 26.7 Å². The number of nitrogens with zero attached hydrogens (tertiary/aromatic N) is 3. The van der Waals surface area contributed by atoms with Crippen molar-refractivity contribution in [3.05, 3.63) is 42.5 Å². The molecular weight excluding hydrogens is 342 g/mol. The number of rotatable bonds is 3. The summed E-state index contributed by atoms with van der Waals surface area (Å²) in [7, 11) is 0. The van der Waals surface area contributed by atoms with Gasteiger partial charge in [-0.15, -0.1) is 0 Å². The van der Waals surface area contributed by atoms with Gasteiger partial charge in [-0.05, 0) is 31.2 Å². The zero-order chi connectivity index (χ0) is 18.4. The smallest absolute Gasteiger partial charge is 0.222 e. The van der Waals surface area contributed by atoms with E-state index in [9.17, 15) is 0 Å². The lowest BCUT2D eigenvalue weighted by atomic mass is 10.1. The summed E-state index contributed by atoms with van der Waals surface area (Å²) in [4.78, 5) is 8.59. The molecule has 27 heavy (non-hydrogen) atoms. The van der Waals surface area contributed by atoms with Gasteiger partial charge in [0.15, 0.2) is 11.6 Å². The first kappa shape index (κ1) is 15.4. The van der Waals surface area contributed by atoms with Crippen molar-refractivity contribution in [1.82, 2.24) is 20.2 Å². The van der Waals surface area contributed by atoms with Gasteiger partial charge in [0.1, 0.15) is 11.6 Å². The lowest BCUT2D eigenvalue weighted by molar-refractivity contribution is 0.492. The third kappa shape index (κ3) is 2.58. The number of H-pyrrole nitrogens is 1. The number of ether oxygens (including phenoxy) is 1. The molecule has 5 rings (SSSR count). The second-order valence-corrected chi connectivity index (χ2v) is 6.22. The van der Waals surface area contributed by atoms with Crippen LogP contribution in [0.2, 0.25) is 0 Å². The largest absolute Gasteiger partial charge is 0.454 e. The minimum atomic E-state index is 0.215. The molecule has 5 N–H and O–H groups in total. The third-order valence-electron chi connectivity index (χ3n) is 4.38. The maximum Gasteiger partial charge on any atom is 0.222 e. The number of para-hydroxylation sites is 2. The van der Waals surface area contributed by atoms with Crippen LogP contribution in [0, 0.1) is 0 Å². The Morgan fingerprint density at radius 3 is 2.89 bits per heavy atom. The number of benzene rings is 2. The number of hydrogen-bond acceptors (Lipinski definition) is 7. The number of hydrogen-bond donors (Lipinski definition) is 4. The molecule has 0 saturated carbocycles. The molecular formula is C19H17N7O. The standard InChI is InChI=1S/C19H17N7O/c1-2-21-16-9-12(23-19(20)24-16)10-7-13-17-15(8-10)27-14-6-4-3-5-11(14)22-18(17)26-25-13/h3-9H,2H2,1H3,(H2,22,25,26)(H3,20,21,23,24). The second-order valence-electron chi connectivity index (χ2n) is 6.22. The first-order valence-electron chi connectivity index (χ1n) is 8.66. The Hall–Kier alpha value is -3.81. The second kappa shape index (κ2) is 5.87. The van der Waals surface area contributed by atoms with Gasteiger partial charge in [-0.3, -0.25) is 5.10 Å². The molecule has 1 aliphatic rings. The minimum absolute atomic E-state index is 0.215. The van der Waals surface area contributed by atoms with Crippen LogP contribution in [0.15, 0.2) is 42.5 Å². The molecule has 0 atom stereocenters. The summed E-state index contributed by atoms with van der Waals surface area (Å²) in [6.07, 6.45) is 0. The first-order chi connectivity index (χ1) is 13.2.